The maximum Gasteiger partial charge on any atom is 0.165 e. The van der Waals surface area contributed by atoms with Gasteiger partial charge in [0.05, 0.1) is 12.2 Å². The topological polar surface area (TPSA) is 45.0 Å². The summed E-state index contributed by atoms with van der Waals surface area (Å²) in [6.07, 6.45) is 0.228. The highest BCUT2D eigenvalue weighted by molar-refractivity contribution is 5.29. The van der Waals surface area contributed by atoms with E-state index in [0.717, 1.165) is 5.56 Å². The number of benzene rings is 1. The summed E-state index contributed by atoms with van der Waals surface area (Å²) in [5.41, 5.74) is 0.273. The lowest BCUT2D eigenvalue weighted by molar-refractivity contribution is 0.175. The van der Waals surface area contributed by atoms with Crippen LogP contribution in [0.2, 0.25) is 0 Å². The molecule has 0 radical (unpaired) electrons. The SMILES string of the molecule is CNC(C)(C#N)CC(C)Oc1cc(C)ccc1F. The summed E-state index contributed by atoms with van der Waals surface area (Å²) in [5, 5.41) is 12.0. The van der Waals surface area contributed by atoms with Crippen molar-refractivity contribution in [2.45, 2.75) is 38.8 Å². The van der Waals surface area contributed by atoms with Gasteiger partial charge < -0.3 is 10.1 Å². The summed E-state index contributed by atoms with van der Waals surface area (Å²) in [6, 6.07) is 6.93. The molecule has 0 amide bonds. The number of nitrogens with zero attached hydrogens (tertiary/aromatic N) is 1. The number of ether oxygens (including phenoxy) is 1. The lowest BCUT2D eigenvalue weighted by Crippen LogP contribution is -2.41. The zero-order chi connectivity index (χ0) is 13.8. The minimum atomic E-state index is -0.667. The van der Waals surface area contributed by atoms with Crippen molar-refractivity contribution in [3.8, 4) is 11.8 Å². The average molecular weight is 250 g/mol. The Morgan fingerprint density at radius 3 is 2.78 bits per heavy atom. The van der Waals surface area contributed by atoms with Crippen LogP contribution in [-0.2, 0) is 0 Å². The van der Waals surface area contributed by atoms with Gasteiger partial charge in [-0.25, -0.2) is 4.39 Å². The van der Waals surface area contributed by atoms with Crippen molar-refractivity contribution < 1.29 is 9.13 Å². The zero-order valence-electron chi connectivity index (χ0n) is 11.2. The highest BCUT2D eigenvalue weighted by Crippen LogP contribution is 2.22. The summed E-state index contributed by atoms with van der Waals surface area (Å²) in [6.45, 7) is 5.50. The molecule has 1 rings (SSSR count). The van der Waals surface area contributed by atoms with E-state index in [1.165, 1.54) is 6.07 Å². The molecule has 0 spiro atoms. The Morgan fingerprint density at radius 2 is 2.22 bits per heavy atom. The van der Waals surface area contributed by atoms with Crippen LogP contribution in [0.5, 0.6) is 5.75 Å². The molecule has 2 atom stereocenters. The Bertz CT molecular complexity index is 456. The first-order valence-corrected chi connectivity index (χ1v) is 5.93. The third kappa shape index (κ3) is 3.71. The Morgan fingerprint density at radius 1 is 1.56 bits per heavy atom. The summed E-state index contributed by atoms with van der Waals surface area (Å²) in [4.78, 5) is 0. The Kier molecular flexibility index (Phi) is 4.69. The smallest absolute Gasteiger partial charge is 0.165 e. The largest absolute Gasteiger partial charge is 0.488 e. The van der Waals surface area contributed by atoms with Crippen LogP contribution in [0.15, 0.2) is 18.2 Å². The van der Waals surface area contributed by atoms with Gasteiger partial charge in [-0.3, -0.25) is 0 Å². The van der Waals surface area contributed by atoms with Gasteiger partial charge in [0.1, 0.15) is 5.54 Å². The van der Waals surface area contributed by atoms with Gasteiger partial charge in [0, 0.05) is 6.42 Å². The second-order valence-corrected chi connectivity index (χ2v) is 4.76. The van der Waals surface area contributed by atoms with Gasteiger partial charge in [-0.05, 0) is 45.5 Å². The maximum atomic E-state index is 13.5. The van der Waals surface area contributed by atoms with E-state index in [1.54, 1.807) is 26.1 Å². The molecular weight excluding hydrogens is 231 g/mol. The van der Waals surface area contributed by atoms with E-state index in [2.05, 4.69) is 11.4 Å². The van der Waals surface area contributed by atoms with Gasteiger partial charge >= 0.3 is 0 Å². The van der Waals surface area contributed by atoms with Crippen molar-refractivity contribution in [2.75, 3.05) is 7.05 Å². The molecule has 18 heavy (non-hydrogen) atoms. The highest BCUT2D eigenvalue weighted by atomic mass is 19.1. The minimum Gasteiger partial charge on any atom is -0.488 e. The summed E-state index contributed by atoms with van der Waals surface area (Å²) in [5.74, 6) is -0.144. The Hall–Kier alpha value is -1.60. The van der Waals surface area contributed by atoms with Gasteiger partial charge in [0.2, 0.25) is 0 Å². The van der Waals surface area contributed by atoms with E-state index < -0.39 is 5.54 Å². The molecule has 0 heterocycles. The van der Waals surface area contributed by atoms with Gasteiger partial charge in [-0.2, -0.15) is 5.26 Å². The number of hydrogen-bond donors (Lipinski definition) is 1. The molecule has 98 valence electrons. The van der Waals surface area contributed by atoms with Crippen LogP contribution < -0.4 is 10.1 Å². The van der Waals surface area contributed by atoms with Gasteiger partial charge in [0.15, 0.2) is 11.6 Å². The molecule has 0 bridgehead atoms. The van der Waals surface area contributed by atoms with Crippen LogP contribution in [0.25, 0.3) is 0 Å². The van der Waals surface area contributed by atoms with Crippen LogP contribution in [0.4, 0.5) is 4.39 Å². The fourth-order valence-electron chi connectivity index (χ4n) is 1.74. The third-order valence-corrected chi connectivity index (χ3v) is 2.91. The van der Waals surface area contributed by atoms with Crippen LogP contribution >= 0.6 is 0 Å². The summed E-state index contributed by atoms with van der Waals surface area (Å²) < 4.78 is 19.1. The lowest BCUT2D eigenvalue weighted by atomic mass is 9.97. The predicted octanol–water partition coefficient (Wildman–Crippen LogP) is 2.79. The molecule has 2 unspecified atom stereocenters. The molecule has 0 saturated heterocycles. The molecule has 1 aromatic carbocycles. The normalized spacial score (nSPS) is 15.6. The summed E-state index contributed by atoms with van der Waals surface area (Å²) >= 11 is 0. The molecule has 1 N–H and O–H groups in total. The molecular formula is C14H19FN2O. The van der Waals surface area contributed by atoms with Crippen LogP contribution in [-0.4, -0.2) is 18.7 Å². The maximum absolute atomic E-state index is 13.5. The molecule has 0 aliphatic carbocycles. The van der Waals surface area contributed by atoms with Crippen molar-refractivity contribution in [2.24, 2.45) is 0 Å². The predicted molar refractivity (Wildman–Crippen MR) is 68.9 cm³/mol. The van der Waals surface area contributed by atoms with Gasteiger partial charge in [0.25, 0.3) is 0 Å². The molecule has 3 nitrogen and oxygen atoms in total. The standard InChI is InChI=1S/C14H19FN2O/c1-10-5-6-12(15)13(7-10)18-11(2)8-14(3,9-16)17-4/h5-7,11,17H,8H2,1-4H3. The van der Waals surface area contributed by atoms with Crippen LogP contribution in [0, 0.1) is 24.1 Å². The van der Waals surface area contributed by atoms with Gasteiger partial charge in [-0.15, -0.1) is 0 Å². The van der Waals surface area contributed by atoms with E-state index in [4.69, 9.17) is 10.00 Å². The number of nitrogens with one attached hydrogen (secondary N) is 1. The number of aryl methyl sites for hydroxylation is 1. The number of hydrogen-bond acceptors (Lipinski definition) is 3. The molecule has 4 heteroatoms. The highest BCUT2D eigenvalue weighted by Gasteiger charge is 2.25. The number of rotatable bonds is 5. The summed E-state index contributed by atoms with van der Waals surface area (Å²) in [7, 11) is 1.73. The van der Waals surface area contributed by atoms with Crippen LogP contribution in [0.3, 0.4) is 0 Å². The Balaban J connectivity index is 2.73. The fraction of sp³-hybridized carbons (Fsp3) is 0.500. The molecule has 0 fully saturated rings. The lowest BCUT2D eigenvalue weighted by Gasteiger charge is -2.25. The first kappa shape index (κ1) is 14.5. The molecule has 0 aliphatic heterocycles. The van der Waals surface area contributed by atoms with E-state index in [9.17, 15) is 4.39 Å². The van der Waals surface area contributed by atoms with Crippen molar-refractivity contribution in [3.05, 3.63) is 29.6 Å². The quantitative estimate of drug-likeness (QED) is 0.874. The van der Waals surface area contributed by atoms with E-state index >= 15 is 0 Å². The average Bonchev–Trinajstić information content (AvgIpc) is 2.33. The molecule has 0 aliphatic rings. The van der Waals surface area contributed by atoms with Gasteiger partial charge in [-0.1, -0.05) is 6.07 Å². The van der Waals surface area contributed by atoms with Crippen molar-refractivity contribution in [1.29, 1.82) is 5.26 Å². The first-order valence-electron chi connectivity index (χ1n) is 5.93. The second-order valence-electron chi connectivity index (χ2n) is 4.76. The zero-order valence-corrected chi connectivity index (χ0v) is 11.2. The number of halogens is 1. The molecule has 0 aromatic heterocycles. The third-order valence-electron chi connectivity index (χ3n) is 2.91. The Labute approximate surface area is 108 Å². The minimum absolute atomic E-state index is 0.235. The van der Waals surface area contributed by atoms with Crippen molar-refractivity contribution in [3.63, 3.8) is 0 Å². The molecule has 1 aromatic rings. The van der Waals surface area contributed by atoms with Crippen LogP contribution in [0.1, 0.15) is 25.8 Å². The van der Waals surface area contributed by atoms with E-state index in [0.29, 0.717) is 6.42 Å². The second kappa shape index (κ2) is 5.83. The van der Waals surface area contributed by atoms with Crippen molar-refractivity contribution in [1.82, 2.24) is 5.32 Å². The van der Waals surface area contributed by atoms with Crippen molar-refractivity contribution >= 4 is 0 Å². The number of nitriles is 1. The molecule has 0 saturated carbocycles. The fourth-order valence-corrected chi connectivity index (χ4v) is 1.74. The van der Waals surface area contributed by atoms with E-state index in [1.807, 2.05) is 13.8 Å². The van der Waals surface area contributed by atoms with E-state index in [-0.39, 0.29) is 17.7 Å². The first-order chi connectivity index (χ1) is 8.40. The monoisotopic (exact) mass is 250 g/mol.